The Hall–Kier alpha value is -2.10. The highest BCUT2D eigenvalue weighted by molar-refractivity contribution is 6.03. The molecule has 1 aromatic heterocycles. The van der Waals surface area contributed by atoms with Gasteiger partial charge in [0.05, 0.1) is 18.2 Å². The molecule has 1 aliphatic carbocycles. The molecule has 4 nitrogen and oxygen atoms in total. The third kappa shape index (κ3) is 2.56. The van der Waals surface area contributed by atoms with Crippen LogP contribution in [0.4, 0.5) is 0 Å². The van der Waals surface area contributed by atoms with Gasteiger partial charge in [0.15, 0.2) is 0 Å². The van der Waals surface area contributed by atoms with E-state index in [0.29, 0.717) is 22.9 Å². The molecule has 3 rings (SSSR count). The topological polar surface area (TPSA) is 59.2 Å². The Balaban J connectivity index is 2.25. The zero-order valence-corrected chi connectivity index (χ0v) is 13.9. The number of benzene rings is 1. The molecule has 1 aliphatic rings. The molecular formula is C19H23NO3. The first-order valence-corrected chi connectivity index (χ1v) is 8.35. The zero-order chi connectivity index (χ0) is 16.6. The van der Waals surface area contributed by atoms with Crippen molar-refractivity contribution in [2.75, 3.05) is 7.11 Å². The third-order valence-corrected chi connectivity index (χ3v) is 5.32. The zero-order valence-electron chi connectivity index (χ0n) is 13.9. The first-order valence-electron chi connectivity index (χ1n) is 8.35. The molecule has 4 heteroatoms. The maximum Gasteiger partial charge on any atom is 0.339 e. The van der Waals surface area contributed by atoms with Crippen LogP contribution in [-0.2, 0) is 17.6 Å². The maximum atomic E-state index is 12.6. The third-order valence-electron chi connectivity index (χ3n) is 5.32. The molecule has 0 saturated heterocycles. The van der Waals surface area contributed by atoms with E-state index < -0.39 is 5.97 Å². The van der Waals surface area contributed by atoms with Crippen molar-refractivity contribution in [2.24, 2.45) is 11.8 Å². The molecule has 23 heavy (non-hydrogen) atoms. The standard InChI is InChI=1S/C19H23NO3/c1-4-11-9-15-13-7-6-8-14(19(22)23-3)17(13)20-18(21)16(15)10-12(11)5-2/h6-8,11-12H,4-5,9-10H2,1-3H3,(H,20,21)/t11-,12-/m0/s1. The summed E-state index contributed by atoms with van der Waals surface area (Å²) in [5.41, 5.74) is 2.99. The van der Waals surface area contributed by atoms with E-state index >= 15 is 0 Å². The van der Waals surface area contributed by atoms with Crippen molar-refractivity contribution in [2.45, 2.75) is 39.5 Å². The fraction of sp³-hybridized carbons (Fsp3) is 0.474. The number of hydrogen-bond donors (Lipinski definition) is 1. The number of ether oxygens (including phenoxy) is 1. The van der Waals surface area contributed by atoms with Crippen LogP contribution in [0.2, 0.25) is 0 Å². The largest absolute Gasteiger partial charge is 0.465 e. The SMILES string of the molecule is CC[C@H]1Cc2c(c3cccc(C(=O)OC)c3[nH]c2=O)C[C@@H]1CC. The highest BCUT2D eigenvalue weighted by Gasteiger charge is 2.29. The van der Waals surface area contributed by atoms with Crippen LogP contribution in [0, 0.1) is 11.8 Å². The minimum absolute atomic E-state index is 0.0585. The number of rotatable bonds is 3. The van der Waals surface area contributed by atoms with Crippen LogP contribution in [0.5, 0.6) is 0 Å². The lowest BCUT2D eigenvalue weighted by molar-refractivity contribution is 0.0602. The molecule has 2 atom stereocenters. The summed E-state index contributed by atoms with van der Waals surface area (Å²) in [6.45, 7) is 4.41. The molecule has 2 aromatic rings. The maximum absolute atomic E-state index is 12.6. The van der Waals surface area contributed by atoms with Gasteiger partial charge in [0, 0.05) is 10.9 Å². The van der Waals surface area contributed by atoms with Crippen molar-refractivity contribution in [1.82, 2.24) is 4.98 Å². The second-order valence-corrected chi connectivity index (χ2v) is 6.38. The monoisotopic (exact) mass is 313 g/mol. The van der Waals surface area contributed by atoms with Gasteiger partial charge >= 0.3 is 5.97 Å². The number of nitrogens with one attached hydrogen (secondary N) is 1. The quantitative estimate of drug-likeness (QED) is 0.883. The van der Waals surface area contributed by atoms with Crippen molar-refractivity contribution in [3.05, 3.63) is 45.2 Å². The Labute approximate surface area is 135 Å². The van der Waals surface area contributed by atoms with Gasteiger partial charge in [-0.1, -0.05) is 38.8 Å². The van der Waals surface area contributed by atoms with Gasteiger partial charge in [-0.25, -0.2) is 4.79 Å². The second kappa shape index (κ2) is 6.19. The first kappa shape index (κ1) is 15.8. The van der Waals surface area contributed by atoms with Crippen LogP contribution in [0.15, 0.2) is 23.0 Å². The summed E-state index contributed by atoms with van der Waals surface area (Å²) >= 11 is 0. The van der Waals surface area contributed by atoms with Crippen molar-refractivity contribution < 1.29 is 9.53 Å². The molecule has 1 aromatic carbocycles. The van der Waals surface area contributed by atoms with Gasteiger partial charge in [0.2, 0.25) is 0 Å². The summed E-state index contributed by atoms with van der Waals surface area (Å²) in [6.07, 6.45) is 3.95. The first-order chi connectivity index (χ1) is 11.1. The molecule has 0 spiro atoms. The number of para-hydroxylation sites is 1. The van der Waals surface area contributed by atoms with Crippen molar-refractivity contribution in [3.8, 4) is 0 Å². The molecule has 0 aliphatic heterocycles. The van der Waals surface area contributed by atoms with Crippen molar-refractivity contribution in [1.29, 1.82) is 0 Å². The van der Waals surface area contributed by atoms with Gasteiger partial charge in [0.25, 0.3) is 5.56 Å². The molecule has 122 valence electrons. The molecule has 0 saturated carbocycles. The van der Waals surface area contributed by atoms with E-state index in [0.717, 1.165) is 42.2 Å². The molecule has 1 N–H and O–H groups in total. The normalized spacial score (nSPS) is 20.3. The minimum Gasteiger partial charge on any atom is -0.465 e. The van der Waals surface area contributed by atoms with E-state index in [1.165, 1.54) is 7.11 Å². The summed E-state index contributed by atoms with van der Waals surface area (Å²) in [4.78, 5) is 27.5. The molecule has 0 radical (unpaired) electrons. The average molecular weight is 313 g/mol. The molecule has 0 bridgehead atoms. The number of carbonyl (C=O) groups is 1. The van der Waals surface area contributed by atoms with Crippen LogP contribution in [-0.4, -0.2) is 18.1 Å². The highest BCUT2D eigenvalue weighted by Crippen LogP contribution is 2.36. The van der Waals surface area contributed by atoms with Gasteiger partial charge < -0.3 is 9.72 Å². The number of carbonyl (C=O) groups excluding carboxylic acids is 1. The Kier molecular flexibility index (Phi) is 4.24. The number of fused-ring (bicyclic) bond motifs is 3. The van der Waals surface area contributed by atoms with Gasteiger partial charge in [-0.05, 0) is 36.3 Å². The van der Waals surface area contributed by atoms with E-state index in [1.807, 2.05) is 12.1 Å². The lowest BCUT2D eigenvalue weighted by atomic mass is 9.73. The predicted molar refractivity (Wildman–Crippen MR) is 90.9 cm³/mol. The van der Waals surface area contributed by atoms with Gasteiger partial charge in [-0.2, -0.15) is 0 Å². The van der Waals surface area contributed by atoms with Gasteiger partial charge in [-0.3, -0.25) is 4.79 Å². The van der Waals surface area contributed by atoms with Crippen LogP contribution in [0.25, 0.3) is 10.9 Å². The predicted octanol–water partition coefficient (Wildman–Crippen LogP) is 3.47. The minimum atomic E-state index is -0.416. The fourth-order valence-corrected chi connectivity index (χ4v) is 3.97. The van der Waals surface area contributed by atoms with Crippen molar-refractivity contribution in [3.63, 3.8) is 0 Å². The molecule has 0 fully saturated rings. The van der Waals surface area contributed by atoms with Gasteiger partial charge in [0.1, 0.15) is 0 Å². The number of hydrogen-bond acceptors (Lipinski definition) is 3. The Morgan fingerprint density at radius 3 is 2.43 bits per heavy atom. The molecule has 0 amide bonds. The smallest absolute Gasteiger partial charge is 0.339 e. The van der Waals surface area contributed by atoms with Crippen LogP contribution < -0.4 is 5.56 Å². The summed E-state index contributed by atoms with van der Waals surface area (Å²) < 4.78 is 4.84. The highest BCUT2D eigenvalue weighted by atomic mass is 16.5. The van der Waals surface area contributed by atoms with Crippen molar-refractivity contribution >= 4 is 16.9 Å². The lowest BCUT2D eigenvalue weighted by Gasteiger charge is -2.32. The summed E-state index contributed by atoms with van der Waals surface area (Å²) in [7, 11) is 1.36. The Morgan fingerprint density at radius 1 is 1.17 bits per heavy atom. The number of esters is 1. The van der Waals surface area contributed by atoms with Crippen LogP contribution >= 0.6 is 0 Å². The molecule has 0 unspecified atom stereocenters. The number of aromatic amines is 1. The van der Waals surface area contributed by atoms with Crippen LogP contribution in [0.3, 0.4) is 0 Å². The van der Waals surface area contributed by atoms with E-state index in [-0.39, 0.29) is 5.56 Å². The number of H-pyrrole nitrogens is 1. The molecular weight excluding hydrogens is 290 g/mol. The Bertz CT molecular complexity index is 806. The van der Waals surface area contributed by atoms with E-state index in [9.17, 15) is 9.59 Å². The Morgan fingerprint density at radius 2 is 1.83 bits per heavy atom. The van der Waals surface area contributed by atoms with E-state index in [4.69, 9.17) is 4.74 Å². The number of aromatic nitrogens is 1. The molecule has 1 heterocycles. The number of pyridine rings is 1. The van der Waals surface area contributed by atoms with Gasteiger partial charge in [-0.15, -0.1) is 0 Å². The summed E-state index contributed by atoms with van der Waals surface area (Å²) in [5, 5.41) is 0.982. The van der Waals surface area contributed by atoms with E-state index in [2.05, 4.69) is 18.8 Å². The fourth-order valence-electron chi connectivity index (χ4n) is 3.97. The van der Waals surface area contributed by atoms with Crippen LogP contribution in [0.1, 0.15) is 48.2 Å². The summed E-state index contributed by atoms with van der Waals surface area (Å²) in [5.74, 6) is 0.745. The van der Waals surface area contributed by atoms with E-state index in [1.54, 1.807) is 6.07 Å². The second-order valence-electron chi connectivity index (χ2n) is 6.38. The average Bonchev–Trinajstić information content (AvgIpc) is 2.59. The summed E-state index contributed by atoms with van der Waals surface area (Å²) in [6, 6.07) is 5.56. The number of methoxy groups -OCH3 is 1. The lowest BCUT2D eigenvalue weighted by Crippen LogP contribution is -2.30.